The van der Waals surface area contributed by atoms with E-state index >= 15 is 0 Å². The Balaban J connectivity index is 1.39. The second kappa shape index (κ2) is 9.90. The third kappa shape index (κ3) is 3.68. The van der Waals surface area contributed by atoms with Crippen molar-refractivity contribution in [1.82, 2.24) is 0 Å². The van der Waals surface area contributed by atoms with Gasteiger partial charge in [-0.2, -0.15) is 0 Å². The normalized spacial score (nSPS) is 11.9. The lowest BCUT2D eigenvalue weighted by Gasteiger charge is -2.19. The average molecular weight is 603 g/mol. The fourth-order valence-corrected chi connectivity index (χ4v) is 8.72. The van der Waals surface area contributed by atoms with Gasteiger partial charge in [0.2, 0.25) is 0 Å². The van der Waals surface area contributed by atoms with Crippen LogP contribution in [0.4, 0.5) is 0 Å². The molecule has 0 radical (unpaired) electrons. The lowest BCUT2D eigenvalue weighted by Crippen LogP contribution is -1.92. The van der Waals surface area contributed by atoms with Crippen molar-refractivity contribution in [2.45, 2.75) is 0 Å². The maximum absolute atomic E-state index is 6.46. The maximum Gasteiger partial charge on any atom is 0.136 e. The molecule has 0 saturated heterocycles. The molecule has 0 spiro atoms. The van der Waals surface area contributed by atoms with Crippen molar-refractivity contribution in [3.05, 3.63) is 158 Å². The highest BCUT2D eigenvalue weighted by atomic mass is 32.1. The van der Waals surface area contributed by atoms with Gasteiger partial charge in [-0.1, -0.05) is 140 Å². The van der Waals surface area contributed by atoms with Crippen LogP contribution in [0.2, 0.25) is 0 Å². The van der Waals surface area contributed by atoms with Crippen molar-refractivity contribution in [3.8, 4) is 32.7 Å². The summed E-state index contributed by atoms with van der Waals surface area (Å²) in [6.07, 6.45) is 0. The minimum absolute atomic E-state index is 0.924. The van der Waals surface area contributed by atoms with E-state index in [2.05, 4.69) is 152 Å². The molecule has 10 aromatic rings. The lowest BCUT2D eigenvalue weighted by molar-refractivity contribution is 0.669. The maximum atomic E-state index is 6.46. The first kappa shape index (κ1) is 25.6. The molecule has 0 amide bonds. The first-order valence-electron chi connectivity index (χ1n) is 15.7. The smallest absolute Gasteiger partial charge is 0.136 e. The van der Waals surface area contributed by atoms with E-state index in [9.17, 15) is 0 Å². The molecule has 0 atom stereocenters. The van der Waals surface area contributed by atoms with Gasteiger partial charge < -0.3 is 4.42 Å². The van der Waals surface area contributed by atoms with E-state index in [0.29, 0.717) is 0 Å². The van der Waals surface area contributed by atoms with Gasteiger partial charge in [0.05, 0.1) is 0 Å². The third-order valence-corrected chi connectivity index (χ3v) is 10.7. The van der Waals surface area contributed by atoms with Gasteiger partial charge in [0.15, 0.2) is 0 Å². The zero-order valence-electron chi connectivity index (χ0n) is 24.8. The molecule has 0 aliphatic rings. The van der Waals surface area contributed by atoms with Gasteiger partial charge in [-0.3, -0.25) is 0 Å². The lowest BCUT2D eigenvalue weighted by atomic mass is 9.83. The zero-order chi connectivity index (χ0) is 30.2. The number of rotatable bonds is 3. The number of para-hydroxylation sites is 1. The Hall–Kier alpha value is -5.70. The van der Waals surface area contributed by atoms with Crippen molar-refractivity contribution in [3.63, 3.8) is 0 Å². The van der Waals surface area contributed by atoms with Crippen LogP contribution < -0.4 is 0 Å². The van der Waals surface area contributed by atoms with E-state index in [-0.39, 0.29) is 0 Å². The number of hydrogen-bond acceptors (Lipinski definition) is 2. The number of thiophene rings is 1. The van der Waals surface area contributed by atoms with Gasteiger partial charge in [0.1, 0.15) is 11.2 Å². The monoisotopic (exact) mass is 602 g/mol. The fourth-order valence-electron chi connectivity index (χ4n) is 7.49. The van der Waals surface area contributed by atoms with E-state index in [1.807, 2.05) is 17.4 Å². The van der Waals surface area contributed by atoms with Crippen molar-refractivity contribution in [2.75, 3.05) is 0 Å². The topological polar surface area (TPSA) is 13.1 Å². The molecule has 2 aromatic heterocycles. The largest absolute Gasteiger partial charge is 0.456 e. The molecule has 0 bridgehead atoms. The summed E-state index contributed by atoms with van der Waals surface area (Å²) in [7, 11) is 0. The van der Waals surface area contributed by atoms with E-state index in [1.54, 1.807) is 0 Å². The molecule has 2 heterocycles. The van der Waals surface area contributed by atoms with Crippen molar-refractivity contribution < 1.29 is 4.42 Å². The van der Waals surface area contributed by atoms with Crippen LogP contribution in [0.15, 0.2) is 162 Å². The minimum Gasteiger partial charge on any atom is -0.456 e. The molecular weight excluding hydrogens is 577 g/mol. The predicted octanol–water partition coefficient (Wildman–Crippen LogP) is 13.3. The van der Waals surface area contributed by atoms with Crippen LogP contribution in [0.25, 0.3) is 97.0 Å². The predicted molar refractivity (Wildman–Crippen MR) is 198 cm³/mol. The zero-order valence-corrected chi connectivity index (χ0v) is 25.6. The van der Waals surface area contributed by atoms with E-state index in [4.69, 9.17) is 4.42 Å². The first-order valence-corrected chi connectivity index (χ1v) is 16.5. The summed E-state index contributed by atoms with van der Waals surface area (Å²) < 4.78 is 7.73. The summed E-state index contributed by atoms with van der Waals surface area (Å²) in [4.78, 5) is 1.28. The van der Waals surface area contributed by atoms with Crippen molar-refractivity contribution >= 4 is 75.7 Å². The molecule has 2 heteroatoms. The van der Waals surface area contributed by atoms with Crippen molar-refractivity contribution in [1.29, 1.82) is 0 Å². The SMILES string of the molecule is c1ccc(-c2sc3cc4c(cc3c2-c2c3ccccc3c(-c3cccc5ccccc35)c3ccccc23)oc2ccccc24)cc1. The molecule has 1 nitrogen and oxygen atoms in total. The second-order valence-corrected chi connectivity index (χ2v) is 13.0. The van der Waals surface area contributed by atoms with E-state index < -0.39 is 0 Å². The number of fused-ring (bicyclic) bond motifs is 7. The Kier molecular flexibility index (Phi) is 5.51. The highest BCUT2D eigenvalue weighted by Gasteiger charge is 2.24. The Labute approximate surface area is 269 Å². The summed E-state index contributed by atoms with van der Waals surface area (Å²) in [5.41, 5.74) is 8.17. The molecule has 0 aliphatic carbocycles. The molecule has 0 N–H and O–H groups in total. The van der Waals surface area contributed by atoms with Gasteiger partial charge in [-0.25, -0.2) is 0 Å². The van der Waals surface area contributed by atoms with Crippen LogP contribution in [-0.4, -0.2) is 0 Å². The van der Waals surface area contributed by atoms with Crippen LogP contribution in [0.1, 0.15) is 0 Å². The molecule has 0 fully saturated rings. The molecular formula is C44H26OS. The summed E-state index contributed by atoms with van der Waals surface area (Å²) in [5, 5.41) is 11.1. The summed E-state index contributed by atoms with van der Waals surface area (Å²) in [6, 6.07) is 57.2. The van der Waals surface area contributed by atoms with Gasteiger partial charge in [0, 0.05) is 31.3 Å². The van der Waals surface area contributed by atoms with Gasteiger partial charge in [-0.05, 0) is 72.8 Å². The number of benzene rings is 8. The molecule has 46 heavy (non-hydrogen) atoms. The summed E-state index contributed by atoms with van der Waals surface area (Å²) in [6.45, 7) is 0. The van der Waals surface area contributed by atoms with Crippen LogP contribution >= 0.6 is 11.3 Å². The average Bonchev–Trinajstić information content (AvgIpc) is 3.67. The number of furan rings is 1. The van der Waals surface area contributed by atoms with Crippen LogP contribution in [0.3, 0.4) is 0 Å². The van der Waals surface area contributed by atoms with Gasteiger partial charge in [-0.15, -0.1) is 11.3 Å². The van der Waals surface area contributed by atoms with Crippen LogP contribution in [0, 0.1) is 0 Å². The highest BCUT2D eigenvalue weighted by Crippen LogP contribution is 2.52. The third-order valence-electron chi connectivity index (χ3n) is 9.46. The Morgan fingerprint density at radius 1 is 0.370 bits per heavy atom. The quantitative estimate of drug-likeness (QED) is 0.183. The molecule has 0 saturated carbocycles. The Morgan fingerprint density at radius 2 is 0.957 bits per heavy atom. The molecule has 0 aliphatic heterocycles. The minimum atomic E-state index is 0.924. The Morgan fingerprint density at radius 3 is 1.70 bits per heavy atom. The molecule has 10 rings (SSSR count). The van der Waals surface area contributed by atoms with Crippen LogP contribution in [0.5, 0.6) is 0 Å². The van der Waals surface area contributed by atoms with Gasteiger partial charge in [0.25, 0.3) is 0 Å². The first-order chi connectivity index (χ1) is 22.8. The second-order valence-electron chi connectivity index (χ2n) is 12.0. The standard InChI is InChI=1S/C44H26OS/c1-2-14-28(15-3-1)44-43(37-25-39-36(26-40(37)46-44)30-18-10-11-24-38(30)45-39)42-34-21-8-6-19-32(34)41(33-20-7-9-22-35(33)42)31-23-12-16-27-13-4-5-17-29(27)31/h1-26H. The Bertz CT molecular complexity index is 2740. The van der Waals surface area contributed by atoms with E-state index in [0.717, 1.165) is 21.9 Å². The van der Waals surface area contributed by atoms with Crippen molar-refractivity contribution in [2.24, 2.45) is 0 Å². The number of hydrogen-bond donors (Lipinski definition) is 0. The summed E-state index contributed by atoms with van der Waals surface area (Å²) in [5.74, 6) is 0. The van der Waals surface area contributed by atoms with Gasteiger partial charge >= 0.3 is 0 Å². The highest BCUT2D eigenvalue weighted by molar-refractivity contribution is 7.23. The summed E-state index contributed by atoms with van der Waals surface area (Å²) >= 11 is 1.88. The molecule has 8 aromatic carbocycles. The van der Waals surface area contributed by atoms with Crippen LogP contribution in [-0.2, 0) is 0 Å². The van der Waals surface area contributed by atoms with E-state index in [1.165, 1.54) is 75.1 Å². The molecule has 214 valence electrons. The molecule has 0 unspecified atom stereocenters. The fraction of sp³-hybridized carbons (Fsp3) is 0.